The number of unbranched alkanes of at least 4 members (excludes halogenated alkanes) is 1. The number of benzene rings is 1. The van der Waals surface area contributed by atoms with Crippen LogP contribution in [-0.2, 0) is 16.7 Å². The summed E-state index contributed by atoms with van der Waals surface area (Å²) in [5, 5.41) is 2.67. The van der Waals surface area contributed by atoms with Gasteiger partial charge in [0.25, 0.3) is 5.91 Å². The van der Waals surface area contributed by atoms with E-state index in [4.69, 9.17) is 15.0 Å². The molecule has 1 amide bonds. The van der Waals surface area contributed by atoms with Gasteiger partial charge in [-0.1, -0.05) is 19.4 Å². The van der Waals surface area contributed by atoms with E-state index in [1.807, 2.05) is 0 Å². The van der Waals surface area contributed by atoms with Crippen LogP contribution in [0, 0.1) is 0 Å². The van der Waals surface area contributed by atoms with Crippen LogP contribution in [0.5, 0.6) is 5.75 Å². The van der Waals surface area contributed by atoms with Gasteiger partial charge in [0, 0.05) is 10.4 Å². The molecule has 4 N–H and O–H groups in total. The molecule has 144 valence electrons. The fourth-order valence-corrected chi connectivity index (χ4v) is 3.49. The molecule has 1 aromatic heterocycles. The van der Waals surface area contributed by atoms with Crippen molar-refractivity contribution in [3.8, 4) is 5.75 Å². The Balaban J connectivity index is 0.000000597. The third-order valence-electron chi connectivity index (χ3n) is 3.20. The van der Waals surface area contributed by atoms with Gasteiger partial charge in [-0.05, 0) is 43.3 Å². The molecule has 0 spiro atoms. The van der Waals surface area contributed by atoms with Crippen LogP contribution in [0.2, 0.25) is 0 Å². The lowest BCUT2D eigenvalue weighted by Gasteiger charge is -2.05. The van der Waals surface area contributed by atoms with Gasteiger partial charge in [0.1, 0.15) is 9.96 Å². The van der Waals surface area contributed by atoms with E-state index in [-0.39, 0.29) is 16.7 Å². The topological polar surface area (TPSA) is 119 Å². The van der Waals surface area contributed by atoms with Crippen LogP contribution < -0.4 is 15.8 Å². The van der Waals surface area contributed by atoms with E-state index in [9.17, 15) is 13.2 Å². The summed E-state index contributed by atoms with van der Waals surface area (Å²) in [7, 11) is -2.68. The normalized spacial score (nSPS) is 10.6. The van der Waals surface area contributed by atoms with Crippen LogP contribution in [0.3, 0.4) is 0 Å². The zero-order valence-corrected chi connectivity index (χ0v) is 16.4. The Morgan fingerprint density at radius 1 is 1.31 bits per heavy atom. The van der Waals surface area contributed by atoms with Gasteiger partial charge in [-0.15, -0.1) is 11.3 Å². The Kier molecular flexibility index (Phi) is 9.28. The van der Waals surface area contributed by atoms with Crippen LogP contribution in [0.1, 0.15) is 35.0 Å². The highest BCUT2D eigenvalue weighted by atomic mass is 32.3. The number of carbonyl (C=O) groups is 1. The van der Waals surface area contributed by atoms with Gasteiger partial charge in [0.15, 0.2) is 0 Å². The maximum atomic E-state index is 12.0. The largest absolute Gasteiger partial charge is 0.497 e. The highest BCUT2D eigenvalue weighted by Gasteiger charge is 2.13. The average Bonchev–Trinajstić information content (AvgIpc) is 3.10. The summed E-state index contributed by atoms with van der Waals surface area (Å²) < 4.78 is 35.7. The zero-order valence-electron chi connectivity index (χ0n) is 14.8. The SMILES string of the molecule is CCCCN.COc1cccc(C(=O)NCc2ccc(S(=O)(=O)O)s2)c1. The van der Waals surface area contributed by atoms with Crippen LogP contribution >= 0.6 is 11.3 Å². The Bertz CT molecular complexity index is 801. The number of hydrogen-bond donors (Lipinski definition) is 3. The molecule has 0 radical (unpaired) electrons. The first-order valence-electron chi connectivity index (χ1n) is 8.00. The monoisotopic (exact) mass is 400 g/mol. The second kappa shape index (κ2) is 10.9. The van der Waals surface area contributed by atoms with Crippen LogP contribution in [-0.4, -0.2) is 32.5 Å². The van der Waals surface area contributed by atoms with Crippen LogP contribution in [0.15, 0.2) is 40.6 Å². The molecule has 0 aliphatic heterocycles. The molecule has 0 aliphatic rings. The van der Waals surface area contributed by atoms with Crippen molar-refractivity contribution in [3.05, 3.63) is 46.8 Å². The highest BCUT2D eigenvalue weighted by Crippen LogP contribution is 2.21. The summed E-state index contributed by atoms with van der Waals surface area (Å²) in [4.78, 5) is 12.6. The van der Waals surface area contributed by atoms with Crippen LogP contribution in [0.4, 0.5) is 0 Å². The predicted molar refractivity (Wildman–Crippen MR) is 102 cm³/mol. The van der Waals surface area contributed by atoms with Crippen molar-refractivity contribution >= 4 is 27.4 Å². The predicted octanol–water partition coefficient (Wildman–Crippen LogP) is 2.68. The molecule has 0 saturated carbocycles. The third-order valence-corrected chi connectivity index (χ3v) is 5.61. The summed E-state index contributed by atoms with van der Waals surface area (Å²) >= 11 is 0.907. The van der Waals surface area contributed by atoms with Crippen molar-refractivity contribution in [3.63, 3.8) is 0 Å². The van der Waals surface area contributed by atoms with Crippen molar-refractivity contribution < 1.29 is 22.5 Å². The summed E-state index contributed by atoms with van der Waals surface area (Å²) in [6, 6.07) is 9.53. The van der Waals surface area contributed by atoms with Crippen LogP contribution in [0.25, 0.3) is 0 Å². The lowest BCUT2D eigenvalue weighted by Crippen LogP contribution is -2.22. The molecule has 2 aromatic rings. The number of ether oxygens (including phenoxy) is 1. The van der Waals surface area contributed by atoms with E-state index < -0.39 is 10.1 Å². The molecule has 1 aromatic carbocycles. The van der Waals surface area contributed by atoms with Gasteiger partial charge in [-0.25, -0.2) is 0 Å². The molecule has 9 heteroatoms. The molecule has 1 heterocycles. The van der Waals surface area contributed by atoms with E-state index in [1.165, 1.54) is 26.0 Å². The molecule has 7 nitrogen and oxygen atoms in total. The lowest BCUT2D eigenvalue weighted by molar-refractivity contribution is 0.0951. The number of hydrogen-bond acceptors (Lipinski definition) is 6. The summed E-state index contributed by atoms with van der Waals surface area (Å²) in [5.41, 5.74) is 5.58. The molecule has 0 aliphatic carbocycles. The molecule has 0 fully saturated rings. The molecule has 0 unspecified atom stereocenters. The fourth-order valence-electron chi connectivity index (χ4n) is 1.83. The summed E-state index contributed by atoms with van der Waals surface area (Å²) in [6.45, 7) is 3.15. The summed E-state index contributed by atoms with van der Waals surface area (Å²) in [6.07, 6.45) is 2.39. The minimum atomic E-state index is -4.19. The number of rotatable bonds is 7. The van der Waals surface area contributed by atoms with Crippen molar-refractivity contribution in [2.75, 3.05) is 13.7 Å². The number of nitrogens with one attached hydrogen (secondary N) is 1. The Labute approximate surface area is 157 Å². The fraction of sp³-hybridized carbons (Fsp3) is 0.353. The lowest BCUT2D eigenvalue weighted by atomic mass is 10.2. The number of thiophene rings is 1. The number of methoxy groups -OCH3 is 1. The van der Waals surface area contributed by atoms with Crippen molar-refractivity contribution in [1.29, 1.82) is 0 Å². The van der Waals surface area contributed by atoms with Gasteiger partial charge in [0.05, 0.1) is 13.7 Å². The van der Waals surface area contributed by atoms with Gasteiger partial charge >= 0.3 is 10.1 Å². The van der Waals surface area contributed by atoms with Gasteiger partial charge in [0.2, 0.25) is 0 Å². The standard InChI is InChI=1S/C13H13NO5S2.C4H11N/c1-19-10-4-2-3-9(7-10)13(15)14-8-11-5-6-12(20-11)21(16,17)18;1-2-3-4-5/h2-7H,8H2,1H3,(H,14,15)(H,16,17,18);2-5H2,1H3. The zero-order chi connectivity index (χ0) is 19.6. The number of carbonyl (C=O) groups excluding carboxylic acids is 1. The highest BCUT2D eigenvalue weighted by molar-refractivity contribution is 7.88. The first-order chi connectivity index (χ1) is 12.3. The number of amides is 1. The van der Waals surface area contributed by atoms with Crippen molar-refractivity contribution in [2.45, 2.75) is 30.5 Å². The molecule has 0 saturated heterocycles. The van der Waals surface area contributed by atoms with Crippen molar-refractivity contribution in [1.82, 2.24) is 5.32 Å². The van der Waals surface area contributed by atoms with Gasteiger partial charge in [-0.3, -0.25) is 9.35 Å². The first-order valence-corrected chi connectivity index (χ1v) is 10.3. The molecule has 0 bridgehead atoms. The Hall–Kier alpha value is -1.94. The Morgan fingerprint density at radius 2 is 2.04 bits per heavy atom. The van der Waals surface area contributed by atoms with E-state index in [0.717, 1.165) is 17.9 Å². The molecular weight excluding hydrogens is 376 g/mol. The average molecular weight is 401 g/mol. The minimum Gasteiger partial charge on any atom is -0.497 e. The number of nitrogens with two attached hydrogens (primary N) is 1. The quantitative estimate of drug-likeness (QED) is 0.615. The van der Waals surface area contributed by atoms with Gasteiger partial charge < -0.3 is 15.8 Å². The molecule has 0 atom stereocenters. The first kappa shape index (κ1) is 22.1. The second-order valence-electron chi connectivity index (χ2n) is 5.25. The van der Waals surface area contributed by atoms with E-state index in [1.54, 1.807) is 30.3 Å². The molecule has 2 rings (SSSR count). The maximum absolute atomic E-state index is 12.0. The molecular formula is C17H24N2O5S2. The second-order valence-corrected chi connectivity index (χ2v) is 8.07. The smallest absolute Gasteiger partial charge is 0.304 e. The molecule has 26 heavy (non-hydrogen) atoms. The maximum Gasteiger partial charge on any atom is 0.304 e. The van der Waals surface area contributed by atoms with Gasteiger partial charge in [-0.2, -0.15) is 8.42 Å². The third kappa shape index (κ3) is 7.52. The van der Waals surface area contributed by atoms with E-state index >= 15 is 0 Å². The Morgan fingerprint density at radius 3 is 2.54 bits per heavy atom. The minimum absolute atomic E-state index is 0.145. The summed E-state index contributed by atoms with van der Waals surface area (Å²) in [5.74, 6) is 0.281. The van der Waals surface area contributed by atoms with Crippen molar-refractivity contribution in [2.24, 2.45) is 5.73 Å². The van der Waals surface area contributed by atoms with E-state index in [2.05, 4.69) is 12.2 Å². The van der Waals surface area contributed by atoms with E-state index in [0.29, 0.717) is 16.2 Å².